The standard InChI is InChI=1S/C23H28Cl2N2O2S/c1-16(2)26-23(29)17(3)27(13-12-18-8-5-4-6-9-18)22(28)15-30-14-19-20(24)10-7-11-21(19)25/h4-11,16-17H,12-15H2,1-3H3,(H,26,29)/t17-/m1/s1. The Kier molecular flexibility index (Phi) is 10.0. The van der Waals surface area contributed by atoms with Gasteiger partial charge in [0, 0.05) is 28.4 Å². The molecule has 0 aliphatic rings. The van der Waals surface area contributed by atoms with Crippen molar-refractivity contribution in [2.75, 3.05) is 12.3 Å². The summed E-state index contributed by atoms with van der Waals surface area (Å²) in [6.45, 7) is 6.06. The summed E-state index contributed by atoms with van der Waals surface area (Å²) >= 11 is 13.9. The maximum atomic E-state index is 13.0. The van der Waals surface area contributed by atoms with Crippen molar-refractivity contribution in [3.05, 3.63) is 69.7 Å². The van der Waals surface area contributed by atoms with Crippen LogP contribution in [0.5, 0.6) is 0 Å². The Morgan fingerprint density at radius 2 is 1.63 bits per heavy atom. The molecule has 162 valence electrons. The fraction of sp³-hybridized carbons (Fsp3) is 0.391. The van der Waals surface area contributed by atoms with Gasteiger partial charge in [0.05, 0.1) is 5.75 Å². The Hall–Kier alpha value is -1.69. The van der Waals surface area contributed by atoms with E-state index in [4.69, 9.17) is 23.2 Å². The maximum Gasteiger partial charge on any atom is 0.242 e. The van der Waals surface area contributed by atoms with E-state index in [9.17, 15) is 9.59 Å². The summed E-state index contributed by atoms with van der Waals surface area (Å²) in [5.41, 5.74) is 1.95. The molecule has 0 saturated heterocycles. The molecule has 0 aromatic heterocycles. The van der Waals surface area contributed by atoms with Gasteiger partial charge in [-0.1, -0.05) is 59.6 Å². The van der Waals surface area contributed by atoms with E-state index in [1.807, 2.05) is 44.2 Å². The summed E-state index contributed by atoms with van der Waals surface area (Å²) in [6.07, 6.45) is 0.687. The molecule has 2 rings (SSSR count). The maximum absolute atomic E-state index is 13.0. The third-order valence-corrected chi connectivity index (χ3v) is 6.27. The van der Waals surface area contributed by atoms with Gasteiger partial charge >= 0.3 is 0 Å². The number of nitrogens with one attached hydrogen (secondary N) is 1. The molecule has 0 bridgehead atoms. The molecule has 1 atom stereocenters. The molecule has 0 aliphatic carbocycles. The van der Waals surface area contributed by atoms with Gasteiger partial charge in [-0.05, 0) is 50.5 Å². The fourth-order valence-electron chi connectivity index (χ4n) is 2.97. The van der Waals surface area contributed by atoms with Gasteiger partial charge < -0.3 is 10.2 Å². The van der Waals surface area contributed by atoms with Gasteiger partial charge in [-0.25, -0.2) is 0 Å². The molecule has 30 heavy (non-hydrogen) atoms. The topological polar surface area (TPSA) is 49.4 Å². The summed E-state index contributed by atoms with van der Waals surface area (Å²) in [6, 6.07) is 14.8. The van der Waals surface area contributed by atoms with Gasteiger partial charge in [-0.15, -0.1) is 11.8 Å². The molecule has 4 nitrogen and oxygen atoms in total. The number of amides is 2. The molecule has 0 heterocycles. The average Bonchev–Trinajstić information content (AvgIpc) is 2.70. The number of rotatable bonds is 10. The van der Waals surface area contributed by atoms with E-state index in [1.54, 1.807) is 30.0 Å². The van der Waals surface area contributed by atoms with Crippen molar-refractivity contribution >= 4 is 46.8 Å². The van der Waals surface area contributed by atoms with Gasteiger partial charge in [-0.3, -0.25) is 9.59 Å². The lowest BCUT2D eigenvalue weighted by Crippen LogP contribution is -2.50. The van der Waals surface area contributed by atoms with Crippen LogP contribution in [0.2, 0.25) is 10.0 Å². The van der Waals surface area contributed by atoms with E-state index in [1.165, 1.54) is 11.8 Å². The first-order valence-corrected chi connectivity index (χ1v) is 11.8. The van der Waals surface area contributed by atoms with Gasteiger partial charge in [-0.2, -0.15) is 0 Å². The zero-order valence-electron chi connectivity index (χ0n) is 17.5. The number of carbonyl (C=O) groups is 2. The van der Waals surface area contributed by atoms with Crippen LogP contribution in [0.15, 0.2) is 48.5 Å². The van der Waals surface area contributed by atoms with Crippen LogP contribution in [0.25, 0.3) is 0 Å². The van der Waals surface area contributed by atoms with Crippen LogP contribution in [-0.4, -0.2) is 41.1 Å². The molecule has 0 unspecified atom stereocenters. The first-order chi connectivity index (χ1) is 14.3. The van der Waals surface area contributed by atoms with Crippen LogP contribution in [0.3, 0.4) is 0 Å². The quantitative estimate of drug-likeness (QED) is 0.522. The van der Waals surface area contributed by atoms with Gasteiger partial charge in [0.2, 0.25) is 11.8 Å². The summed E-state index contributed by atoms with van der Waals surface area (Å²) in [5, 5.41) is 4.08. The van der Waals surface area contributed by atoms with E-state index in [-0.39, 0.29) is 23.6 Å². The minimum Gasteiger partial charge on any atom is -0.352 e. The lowest BCUT2D eigenvalue weighted by molar-refractivity contribution is -0.138. The van der Waals surface area contributed by atoms with Crippen molar-refractivity contribution in [3.8, 4) is 0 Å². The normalized spacial score (nSPS) is 11.9. The highest BCUT2D eigenvalue weighted by Crippen LogP contribution is 2.28. The third-order valence-electron chi connectivity index (χ3n) is 4.62. The van der Waals surface area contributed by atoms with Crippen molar-refractivity contribution in [1.29, 1.82) is 0 Å². The Morgan fingerprint density at radius 1 is 1.00 bits per heavy atom. The Morgan fingerprint density at radius 3 is 2.23 bits per heavy atom. The SMILES string of the molecule is CC(C)NC(=O)[C@@H](C)N(CCc1ccccc1)C(=O)CSCc1c(Cl)cccc1Cl. The summed E-state index contributed by atoms with van der Waals surface area (Å²) in [4.78, 5) is 27.2. The molecule has 0 fully saturated rings. The van der Waals surface area contributed by atoms with Crippen molar-refractivity contribution in [3.63, 3.8) is 0 Å². The summed E-state index contributed by atoms with van der Waals surface area (Å²) < 4.78 is 0. The van der Waals surface area contributed by atoms with E-state index >= 15 is 0 Å². The zero-order chi connectivity index (χ0) is 22.1. The molecule has 0 aliphatic heterocycles. The number of hydrogen-bond donors (Lipinski definition) is 1. The van der Waals surface area contributed by atoms with E-state index in [0.717, 1.165) is 11.1 Å². The number of benzene rings is 2. The second kappa shape index (κ2) is 12.2. The van der Waals surface area contributed by atoms with E-state index in [0.29, 0.717) is 28.8 Å². The highest BCUT2D eigenvalue weighted by atomic mass is 35.5. The first kappa shape index (κ1) is 24.6. The minimum atomic E-state index is -0.548. The molecule has 2 aromatic rings. The van der Waals surface area contributed by atoms with Crippen molar-refractivity contribution in [1.82, 2.24) is 10.2 Å². The van der Waals surface area contributed by atoms with E-state index < -0.39 is 6.04 Å². The van der Waals surface area contributed by atoms with Crippen LogP contribution in [0.4, 0.5) is 0 Å². The number of hydrogen-bond acceptors (Lipinski definition) is 3. The monoisotopic (exact) mass is 466 g/mol. The molecule has 2 aromatic carbocycles. The Labute approximate surface area is 193 Å². The number of carbonyl (C=O) groups excluding carboxylic acids is 2. The van der Waals surface area contributed by atoms with Crippen LogP contribution in [-0.2, 0) is 21.8 Å². The number of thioether (sulfide) groups is 1. The van der Waals surface area contributed by atoms with Crippen LogP contribution >= 0.6 is 35.0 Å². The highest BCUT2D eigenvalue weighted by molar-refractivity contribution is 7.99. The van der Waals surface area contributed by atoms with Crippen molar-refractivity contribution < 1.29 is 9.59 Å². The lowest BCUT2D eigenvalue weighted by atomic mass is 10.1. The predicted molar refractivity (Wildman–Crippen MR) is 127 cm³/mol. The summed E-state index contributed by atoms with van der Waals surface area (Å²) in [7, 11) is 0. The first-order valence-electron chi connectivity index (χ1n) is 9.94. The van der Waals surface area contributed by atoms with Gasteiger partial charge in [0.25, 0.3) is 0 Å². The largest absolute Gasteiger partial charge is 0.352 e. The predicted octanol–water partition coefficient (Wildman–Crippen LogP) is 5.21. The molecule has 0 saturated carbocycles. The molecular formula is C23H28Cl2N2O2S. The van der Waals surface area contributed by atoms with Gasteiger partial charge in [0.1, 0.15) is 6.04 Å². The fourth-order valence-corrected chi connectivity index (χ4v) is 4.62. The van der Waals surface area contributed by atoms with Crippen LogP contribution in [0.1, 0.15) is 31.9 Å². The lowest BCUT2D eigenvalue weighted by Gasteiger charge is -2.29. The van der Waals surface area contributed by atoms with E-state index in [2.05, 4.69) is 5.32 Å². The molecule has 1 N–H and O–H groups in total. The van der Waals surface area contributed by atoms with Crippen LogP contribution in [0, 0.1) is 0 Å². The Balaban J connectivity index is 2.03. The minimum absolute atomic E-state index is 0.0164. The molecular weight excluding hydrogens is 439 g/mol. The van der Waals surface area contributed by atoms with Crippen molar-refractivity contribution in [2.45, 2.75) is 45.0 Å². The number of halogens is 2. The Bertz CT molecular complexity index is 826. The average molecular weight is 467 g/mol. The molecule has 7 heteroatoms. The second-order valence-corrected chi connectivity index (χ2v) is 9.16. The smallest absolute Gasteiger partial charge is 0.242 e. The summed E-state index contributed by atoms with van der Waals surface area (Å²) in [5.74, 6) is 0.551. The number of nitrogens with zero attached hydrogens (tertiary/aromatic N) is 1. The third kappa shape index (κ3) is 7.53. The second-order valence-electron chi connectivity index (χ2n) is 7.36. The molecule has 2 amide bonds. The van der Waals surface area contributed by atoms with Crippen molar-refractivity contribution in [2.24, 2.45) is 0 Å². The van der Waals surface area contributed by atoms with Crippen LogP contribution < -0.4 is 5.32 Å². The zero-order valence-corrected chi connectivity index (χ0v) is 19.9. The van der Waals surface area contributed by atoms with Gasteiger partial charge in [0.15, 0.2) is 0 Å². The highest BCUT2D eigenvalue weighted by Gasteiger charge is 2.26. The molecule has 0 spiro atoms. The molecule has 0 radical (unpaired) electrons.